The van der Waals surface area contributed by atoms with Crippen molar-refractivity contribution in [2.45, 2.75) is 6.42 Å². The summed E-state index contributed by atoms with van der Waals surface area (Å²) >= 11 is 0. The number of rotatable bonds is 7. The van der Waals surface area contributed by atoms with Crippen LogP contribution in [0.5, 0.6) is 0 Å². The maximum atomic E-state index is 13.5. The first-order valence-electron chi connectivity index (χ1n) is 10.6. The molecule has 4 rings (SSSR count). The van der Waals surface area contributed by atoms with Gasteiger partial charge in [0.05, 0.1) is 28.3 Å². The highest BCUT2D eigenvalue weighted by molar-refractivity contribution is 5.82. The van der Waals surface area contributed by atoms with E-state index in [0.717, 1.165) is 32.7 Å². The molecule has 0 saturated carbocycles. The molecule has 1 heterocycles. The van der Waals surface area contributed by atoms with Gasteiger partial charge in [0.15, 0.2) is 0 Å². The normalized spacial score (nSPS) is 14.9. The first kappa shape index (κ1) is 22.0. The number of anilines is 2. The lowest BCUT2D eigenvalue weighted by Crippen LogP contribution is -2.46. The van der Waals surface area contributed by atoms with Crippen LogP contribution in [0.15, 0.2) is 33.9 Å². The lowest BCUT2D eigenvalue weighted by atomic mass is 10.0. The topological polar surface area (TPSA) is 148 Å². The molecule has 0 bridgehead atoms. The molecule has 0 aromatic heterocycles. The van der Waals surface area contributed by atoms with Crippen LogP contribution in [0.4, 0.5) is 11.4 Å². The molecule has 10 heteroatoms. The first-order valence-corrected chi connectivity index (χ1v) is 10.6. The quantitative estimate of drug-likeness (QED) is 0.292. The third-order valence-corrected chi connectivity index (χ3v) is 5.92. The second kappa shape index (κ2) is 9.13. The van der Waals surface area contributed by atoms with Gasteiger partial charge < -0.3 is 16.0 Å². The average Bonchev–Trinajstić information content (AvgIpc) is 2.80. The van der Waals surface area contributed by atoms with Gasteiger partial charge in [-0.25, -0.2) is 0 Å². The fraction of sp³-hybridized carbons (Fsp3) is 0.364. The summed E-state index contributed by atoms with van der Waals surface area (Å²) in [7, 11) is 1.41. The zero-order valence-electron chi connectivity index (χ0n) is 18.0. The number of nitrogens with two attached hydrogens (primary N) is 1. The van der Waals surface area contributed by atoms with Crippen molar-refractivity contribution in [3.8, 4) is 0 Å². The van der Waals surface area contributed by atoms with E-state index in [1.165, 1.54) is 12.1 Å². The molecular formula is C22H27N7O3. The third-order valence-electron chi connectivity index (χ3n) is 5.92. The second-order valence-electron chi connectivity index (χ2n) is 7.86. The van der Waals surface area contributed by atoms with Crippen molar-refractivity contribution in [3.05, 3.63) is 65.9 Å². The molecule has 0 radical (unpaired) electrons. The predicted molar refractivity (Wildman–Crippen MR) is 122 cm³/mol. The Bertz CT molecular complexity index is 1410. The minimum Gasteiger partial charge on any atom is -0.394 e. The van der Waals surface area contributed by atoms with Crippen LogP contribution in [0.2, 0.25) is 0 Å². The van der Waals surface area contributed by atoms with E-state index in [4.69, 9.17) is 21.4 Å². The highest BCUT2D eigenvalue weighted by Gasteiger charge is 2.22. The number of piperazine rings is 1. The summed E-state index contributed by atoms with van der Waals surface area (Å²) < 4.78 is 0. The standard InChI is InChI=1S/C22H27N7O3/c1-32-27-29(10-4-9-28-11-7-26-8-12-28)20-19(25)21(30)15-16(22(20)31)18(24)14-6-3-2-5-13(14)17(15)23/h2-3,5-6,23-24,26-27H,4,7-12,25H2,1H3. The van der Waals surface area contributed by atoms with Crippen LogP contribution in [-0.2, 0) is 4.84 Å². The maximum absolute atomic E-state index is 13.5. The largest absolute Gasteiger partial charge is 0.394 e. The smallest absolute Gasteiger partial charge is 0.215 e. The lowest BCUT2D eigenvalue weighted by molar-refractivity contribution is 0.0811. The molecule has 1 saturated heterocycles. The Labute approximate surface area is 183 Å². The Balaban J connectivity index is 1.84. The molecule has 6 N–H and O–H groups in total. The molecule has 1 fully saturated rings. The Morgan fingerprint density at radius 1 is 1.09 bits per heavy atom. The molecule has 1 aliphatic heterocycles. The number of hydrazine groups is 1. The van der Waals surface area contributed by atoms with E-state index in [2.05, 4.69) is 15.8 Å². The molecule has 32 heavy (non-hydrogen) atoms. The Morgan fingerprint density at radius 2 is 1.69 bits per heavy atom. The Morgan fingerprint density at radius 3 is 2.28 bits per heavy atom. The number of fused-ring (bicyclic) bond motifs is 1. The van der Waals surface area contributed by atoms with Crippen molar-refractivity contribution in [3.63, 3.8) is 0 Å². The van der Waals surface area contributed by atoms with Gasteiger partial charge in [-0.05, 0) is 13.0 Å². The minimum atomic E-state index is -0.621. The molecule has 168 valence electrons. The van der Waals surface area contributed by atoms with Crippen molar-refractivity contribution in [1.82, 2.24) is 15.8 Å². The molecule has 0 unspecified atom stereocenters. The van der Waals surface area contributed by atoms with Crippen LogP contribution in [0.25, 0.3) is 10.8 Å². The van der Waals surface area contributed by atoms with E-state index in [1.54, 1.807) is 24.3 Å². The van der Waals surface area contributed by atoms with Crippen molar-refractivity contribution in [2.24, 2.45) is 0 Å². The van der Waals surface area contributed by atoms with Crippen molar-refractivity contribution < 1.29 is 4.84 Å². The van der Waals surface area contributed by atoms with Crippen molar-refractivity contribution in [1.29, 1.82) is 10.8 Å². The number of hydrogen-bond acceptors (Lipinski definition) is 10. The number of nitrogens with zero attached hydrogens (tertiary/aromatic N) is 2. The first-order chi connectivity index (χ1) is 15.5. The van der Waals surface area contributed by atoms with Gasteiger partial charge in [0.25, 0.3) is 0 Å². The lowest BCUT2D eigenvalue weighted by Gasteiger charge is -2.29. The monoisotopic (exact) mass is 437 g/mol. The Hall–Kier alpha value is -3.18. The Kier molecular flexibility index (Phi) is 6.28. The van der Waals surface area contributed by atoms with Gasteiger partial charge in [0.1, 0.15) is 11.4 Å². The maximum Gasteiger partial charge on any atom is 0.215 e. The second-order valence-corrected chi connectivity index (χ2v) is 7.86. The molecule has 1 aromatic rings. The number of nitrogens with one attached hydrogen (secondary N) is 4. The van der Waals surface area contributed by atoms with Gasteiger partial charge in [0, 0.05) is 43.5 Å². The highest BCUT2D eigenvalue weighted by atomic mass is 16.7. The zero-order chi connectivity index (χ0) is 22.8. The van der Waals surface area contributed by atoms with Crippen LogP contribution in [0, 0.1) is 21.3 Å². The fourth-order valence-electron chi connectivity index (χ4n) is 4.34. The van der Waals surface area contributed by atoms with E-state index in [0.29, 0.717) is 23.7 Å². The van der Waals surface area contributed by atoms with E-state index in [-0.39, 0.29) is 32.5 Å². The summed E-state index contributed by atoms with van der Waals surface area (Å²) in [5.41, 5.74) is 7.32. The van der Waals surface area contributed by atoms with Gasteiger partial charge in [-0.1, -0.05) is 24.3 Å². The van der Waals surface area contributed by atoms with Crippen molar-refractivity contribution >= 4 is 22.1 Å². The molecule has 10 nitrogen and oxygen atoms in total. The molecule has 0 atom stereocenters. The minimum absolute atomic E-state index is 0.0483. The van der Waals surface area contributed by atoms with Gasteiger partial charge in [0.2, 0.25) is 10.9 Å². The summed E-state index contributed by atoms with van der Waals surface area (Å²) in [5.74, 6) is 0. The van der Waals surface area contributed by atoms with Crippen LogP contribution < -0.4 is 43.2 Å². The van der Waals surface area contributed by atoms with E-state index in [1.807, 2.05) is 0 Å². The third kappa shape index (κ3) is 3.78. The summed E-state index contributed by atoms with van der Waals surface area (Å²) in [4.78, 5) is 34.1. The summed E-state index contributed by atoms with van der Waals surface area (Å²) in [6.45, 7) is 4.98. The number of hydrogen-bond donors (Lipinski definition) is 5. The number of nitrogen functional groups attached to an aromatic ring is 1. The molecule has 1 aromatic carbocycles. The summed E-state index contributed by atoms with van der Waals surface area (Å²) in [5, 5.41) is 22.4. The van der Waals surface area contributed by atoms with Crippen LogP contribution in [0.1, 0.15) is 6.42 Å². The van der Waals surface area contributed by atoms with Crippen LogP contribution in [-0.4, -0.2) is 51.3 Å². The molecule has 2 aliphatic carbocycles. The molecular weight excluding hydrogens is 410 g/mol. The fourth-order valence-corrected chi connectivity index (χ4v) is 4.34. The highest BCUT2D eigenvalue weighted by Crippen LogP contribution is 2.15. The van der Waals surface area contributed by atoms with Crippen molar-refractivity contribution in [2.75, 3.05) is 57.1 Å². The van der Waals surface area contributed by atoms with Gasteiger partial charge in [-0.2, -0.15) is 0 Å². The SMILES string of the molecule is CONN(CCCN1CCNCC1)c1c(N)c(=O)c2c(=N)c3ccccc3c(=N)c=2c1=O. The molecule has 0 amide bonds. The van der Waals surface area contributed by atoms with Crippen LogP contribution >= 0.6 is 0 Å². The van der Waals surface area contributed by atoms with Gasteiger partial charge >= 0.3 is 0 Å². The number of benzene rings is 1. The van der Waals surface area contributed by atoms with E-state index < -0.39 is 10.9 Å². The van der Waals surface area contributed by atoms with Gasteiger partial charge in [-0.3, -0.25) is 30.3 Å². The van der Waals surface area contributed by atoms with Gasteiger partial charge in [-0.15, -0.1) is 5.59 Å². The average molecular weight is 438 g/mol. The van der Waals surface area contributed by atoms with E-state index in [9.17, 15) is 9.59 Å². The van der Waals surface area contributed by atoms with E-state index >= 15 is 0 Å². The zero-order valence-corrected chi connectivity index (χ0v) is 18.0. The summed E-state index contributed by atoms with van der Waals surface area (Å²) in [6, 6.07) is 6.81. The summed E-state index contributed by atoms with van der Waals surface area (Å²) in [6.07, 6.45) is 0.705. The molecule has 0 spiro atoms. The van der Waals surface area contributed by atoms with Crippen LogP contribution in [0.3, 0.4) is 0 Å². The molecule has 3 aliphatic rings. The predicted octanol–water partition coefficient (Wildman–Crippen LogP) is -1.13.